The molecule has 0 bridgehead atoms. The van der Waals surface area contributed by atoms with E-state index in [1.165, 1.54) is 36.6 Å². The zero-order chi connectivity index (χ0) is 14.5. The summed E-state index contributed by atoms with van der Waals surface area (Å²) in [7, 11) is 0. The smallest absolute Gasteiger partial charge is 0.191 e. The van der Waals surface area contributed by atoms with Crippen molar-refractivity contribution in [3.8, 4) is 0 Å². The predicted molar refractivity (Wildman–Crippen MR) is 87.8 cm³/mol. The largest absolute Gasteiger partial charge is 0.356 e. The Morgan fingerprint density at radius 3 is 2.95 bits per heavy atom. The van der Waals surface area contributed by atoms with Crippen LogP contribution in [0.3, 0.4) is 0 Å². The summed E-state index contributed by atoms with van der Waals surface area (Å²) in [5.41, 5.74) is 1.23. The molecule has 0 aromatic carbocycles. The fourth-order valence-corrected chi connectivity index (χ4v) is 3.55. The van der Waals surface area contributed by atoms with Crippen molar-refractivity contribution in [1.82, 2.24) is 20.5 Å². The fraction of sp³-hybridized carbons (Fsp3) is 0.733. The number of hydrogen-bond donors (Lipinski definition) is 2. The lowest BCUT2D eigenvalue weighted by atomic mass is 9.97. The molecule has 6 heteroatoms. The topological polar surface area (TPSA) is 52.6 Å². The Labute approximate surface area is 130 Å². The van der Waals surface area contributed by atoms with Gasteiger partial charge in [-0.3, -0.25) is 9.89 Å². The molecule has 0 aliphatic carbocycles. The molecule has 1 fully saturated rings. The van der Waals surface area contributed by atoms with Crippen molar-refractivity contribution in [3.05, 3.63) is 16.1 Å². The third-order valence-electron chi connectivity index (χ3n) is 4.21. The number of aromatic nitrogens is 1. The fourth-order valence-electron chi connectivity index (χ4n) is 2.95. The van der Waals surface area contributed by atoms with E-state index in [2.05, 4.69) is 37.8 Å². The van der Waals surface area contributed by atoms with Crippen LogP contribution < -0.4 is 10.6 Å². The van der Waals surface area contributed by atoms with Gasteiger partial charge in [-0.15, -0.1) is 11.3 Å². The normalized spacial score (nSPS) is 20.9. The molecule has 5 nitrogen and oxygen atoms in total. The maximum absolute atomic E-state index is 4.56. The molecule has 3 rings (SSSR count). The predicted octanol–water partition coefficient (Wildman–Crippen LogP) is 1.60. The van der Waals surface area contributed by atoms with Crippen molar-refractivity contribution < 1.29 is 0 Å². The van der Waals surface area contributed by atoms with E-state index in [0.29, 0.717) is 0 Å². The van der Waals surface area contributed by atoms with Crippen molar-refractivity contribution in [1.29, 1.82) is 0 Å². The van der Waals surface area contributed by atoms with Gasteiger partial charge in [-0.1, -0.05) is 0 Å². The molecule has 0 radical (unpaired) electrons. The number of likely N-dealkylation sites (tertiary alicyclic amines) is 1. The lowest BCUT2D eigenvalue weighted by Crippen LogP contribution is -2.44. The Bertz CT molecular complexity index is 476. The summed E-state index contributed by atoms with van der Waals surface area (Å²) >= 11 is 1.75. The van der Waals surface area contributed by atoms with E-state index in [0.717, 1.165) is 44.5 Å². The maximum Gasteiger partial charge on any atom is 0.191 e. The van der Waals surface area contributed by atoms with E-state index >= 15 is 0 Å². The molecule has 2 aliphatic rings. The molecule has 1 aromatic heterocycles. The average Bonchev–Trinajstić information content (AvgIpc) is 2.93. The summed E-state index contributed by atoms with van der Waals surface area (Å²) in [4.78, 5) is 11.6. The van der Waals surface area contributed by atoms with Gasteiger partial charge in [0.25, 0.3) is 0 Å². The zero-order valence-corrected chi connectivity index (χ0v) is 13.6. The highest BCUT2D eigenvalue weighted by Crippen LogP contribution is 2.19. The molecule has 3 heterocycles. The van der Waals surface area contributed by atoms with Gasteiger partial charge < -0.3 is 10.6 Å². The monoisotopic (exact) mass is 307 g/mol. The maximum atomic E-state index is 4.56. The van der Waals surface area contributed by atoms with E-state index in [1.807, 2.05) is 0 Å². The zero-order valence-electron chi connectivity index (χ0n) is 12.8. The van der Waals surface area contributed by atoms with Crippen LogP contribution in [0.1, 0.15) is 30.0 Å². The first-order valence-electron chi connectivity index (χ1n) is 7.95. The van der Waals surface area contributed by atoms with Crippen molar-refractivity contribution in [3.63, 3.8) is 0 Å². The molecular formula is C15H25N5S. The Morgan fingerprint density at radius 1 is 1.43 bits per heavy atom. The lowest BCUT2D eigenvalue weighted by molar-refractivity contribution is 0.176. The first kappa shape index (κ1) is 14.8. The molecule has 0 spiro atoms. The second-order valence-electron chi connectivity index (χ2n) is 5.97. The van der Waals surface area contributed by atoms with Gasteiger partial charge in [0.15, 0.2) is 5.96 Å². The van der Waals surface area contributed by atoms with Gasteiger partial charge in [0.05, 0.1) is 10.7 Å². The van der Waals surface area contributed by atoms with Crippen LogP contribution in [0.4, 0.5) is 0 Å². The molecule has 116 valence electrons. The first-order valence-corrected chi connectivity index (χ1v) is 8.83. The number of thiazole rings is 1. The van der Waals surface area contributed by atoms with Crippen molar-refractivity contribution in [2.45, 2.75) is 32.7 Å². The third kappa shape index (κ3) is 4.41. The number of rotatable bonds is 4. The third-order valence-corrected chi connectivity index (χ3v) is 5.04. The van der Waals surface area contributed by atoms with Gasteiger partial charge in [0.2, 0.25) is 0 Å². The number of nitrogens with zero attached hydrogens (tertiary/aromatic N) is 3. The number of guanidine groups is 1. The molecule has 0 amide bonds. The Morgan fingerprint density at radius 2 is 2.29 bits per heavy atom. The summed E-state index contributed by atoms with van der Waals surface area (Å²) in [6.07, 6.45) is 3.69. The van der Waals surface area contributed by atoms with Crippen LogP contribution in [0.15, 0.2) is 10.4 Å². The molecular weight excluding hydrogens is 282 g/mol. The standard InChI is InChI=1S/C15H25N5S/c1-12-19-14(11-21-12)10-20-7-3-13(4-8-20)9-18-15-16-5-2-6-17-15/h11,13H,2-10H2,1H3,(H2,16,17,18). The summed E-state index contributed by atoms with van der Waals surface area (Å²) in [6.45, 7) is 8.52. The second kappa shape index (κ2) is 7.22. The minimum atomic E-state index is 0.768. The Hall–Kier alpha value is -1.14. The van der Waals surface area contributed by atoms with Crippen LogP contribution in [-0.4, -0.2) is 48.6 Å². The molecule has 0 atom stereocenters. The SMILES string of the molecule is Cc1nc(CN2CCC(CNC3=NCCCN3)CC2)cs1. The minimum absolute atomic E-state index is 0.768. The van der Waals surface area contributed by atoms with Crippen molar-refractivity contribution in [2.24, 2.45) is 10.9 Å². The van der Waals surface area contributed by atoms with E-state index in [4.69, 9.17) is 0 Å². The van der Waals surface area contributed by atoms with Crippen LogP contribution >= 0.6 is 11.3 Å². The summed E-state index contributed by atoms with van der Waals surface area (Å²) in [5.74, 6) is 1.77. The van der Waals surface area contributed by atoms with E-state index in [-0.39, 0.29) is 0 Å². The van der Waals surface area contributed by atoms with Crippen LogP contribution in [0.2, 0.25) is 0 Å². The number of aryl methyl sites for hydroxylation is 1. The molecule has 1 saturated heterocycles. The molecule has 0 unspecified atom stereocenters. The molecule has 2 N–H and O–H groups in total. The average molecular weight is 307 g/mol. The van der Waals surface area contributed by atoms with Crippen LogP contribution in [0.25, 0.3) is 0 Å². The summed E-state index contributed by atoms with van der Waals surface area (Å²) in [5, 5.41) is 10.2. The van der Waals surface area contributed by atoms with E-state index in [1.54, 1.807) is 11.3 Å². The molecule has 21 heavy (non-hydrogen) atoms. The number of nitrogens with one attached hydrogen (secondary N) is 2. The van der Waals surface area contributed by atoms with Gasteiger partial charge in [-0.25, -0.2) is 4.98 Å². The van der Waals surface area contributed by atoms with Gasteiger partial charge in [-0.05, 0) is 45.2 Å². The van der Waals surface area contributed by atoms with Crippen LogP contribution in [0.5, 0.6) is 0 Å². The number of hydrogen-bond acceptors (Lipinski definition) is 6. The van der Waals surface area contributed by atoms with Crippen LogP contribution in [-0.2, 0) is 6.54 Å². The lowest BCUT2D eigenvalue weighted by Gasteiger charge is -2.32. The molecule has 0 saturated carbocycles. The summed E-state index contributed by atoms with van der Waals surface area (Å²) in [6, 6.07) is 0. The minimum Gasteiger partial charge on any atom is -0.356 e. The van der Waals surface area contributed by atoms with Crippen molar-refractivity contribution in [2.75, 3.05) is 32.7 Å². The highest BCUT2D eigenvalue weighted by molar-refractivity contribution is 7.09. The van der Waals surface area contributed by atoms with E-state index in [9.17, 15) is 0 Å². The Balaban J connectivity index is 1.37. The van der Waals surface area contributed by atoms with Gasteiger partial charge in [0, 0.05) is 31.6 Å². The highest BCUT2D eigenvalue weighted by Gasteiger charge is 2.20. The number of aliphatic imine (C=N–C) groups is 1. The van der Waals surface area contributed by atoms with Crippen molar-refractivity contribution >= 4 is 17.3 Å². The van der Waals surface area contributed by atoms with Gasteiger partial charge in [-0.2, -0.15) is 0 Å². The Kier molecular flexibility index (Phi) is 5.08. The highest BCUT2D eigenvalue weighted by atomic mass is 32.1. The van der Waals surface area contributed by atoms with Gasteiger partial charge >= 0.3 is 0 Å². The van der Waals surface area contributed by atoms with Gasteiger partial charge in [0.1, 0.15) is 0 Å². The molecule has 2 aliphatic heterocycles. The first-order chi connectivity index (χ1) is 10.3. The number of piperidine rings is 1. The second-order valence-corrected chi connectivity index (χ2v) is 7.03. The van der Waals surface area contributed by atoms with E-state index < -0.39 is 0 Å². The quantitative estimate of drug-likeness (QED) is 0.887. The molecule has 1 aromatic rings. The van der Waals surface area contributed by atoms with Crippen LogP contribution in [0, 0.1) is 12.8 Å². The summed E-state index contributed by atoms with van der Waals surface area (Å²) < 4.78 is 0.